The van der Waals surface area contributed by atoms with Gasteiger partial charge in [0.15, 0.2) is 0 Å². The highest BCUT2D eigenvalue weighted by atomic mass is 19.1. The van der Waals surface area contributed by atoms with Crippen LogP contribution in [0.5, 0.6) is 0 Å². The van der Waals surface area contributed by atoms with E-state index in [-0.39, 0.29) is 29.0 Å². The fraction of sp³-hybridized carbons (Fsp3) is 0.579. The van der Waals surface area contributed by atoms with Crippen LogP contribution in [0, 0.1) is 23.1 Å². The summed E-state index contributed by atoms with van der Waals surface area (Å²) in [6.45, 7) is 4.73. The van der Waals surface area contributed by atoms with E-state index in [4.69, 9.17) is 5.73 Å². The van der Waals surface area contributed by atoms with Gasteiger partial charge in [-0.25, -0.2) is 8.78 Å². The summed E-state index contributed by atoms with van der Waals surface area (Å²) in [6, 6.07) is 5.33. The van der Waals surface area contributed by atoms with E-state index in [1.165, 1.54) is 6.07 Å². The second kappa shape index (κ2) is 5.77. The van der Waals surface area contributed by atoms with Gasteiger partial charge in [0.1, 0.15) is 12.0 Å². The molecule has 5 unspecified atom stereocenters. The van der Waals surface area contributed by atoms with Crippen LogP contribution in [0.15, 0.2) is 30.4 Å². The largest absolute Gasteiger partial charge is 0.330 e. The van der Waals surface area contributed by atoms with Crippen LogP contribution in [-0.4, -0.2) is 12.7 Å². The van der Waals surface area contributed by atoms with Crippen LogP contribution in [0.25, 0.3) is 0 Å². The zero-order chi connectivity index (χ0) is 15.9. The molecule has 0 radical (unpaired) electrons. The molecule has 0 aliphatic heterocycles. The van der Waals surface area contributed by atoms with Crippen LogP contribution in [0.2, 0.25) is 0 Å². The number of fused-ring (bicyclic) bond motifs is 2. The van der Waals surface area contributed by atoms with Crippen LogP contribution in [0.1, 0.15) is 43.7 Å². The monoisotopic (exact) mass is 305 g/mol. The number of hydrogen-bond donors (Lipinski definition) is 1. The second-order valence-electron chi connectivity index (χ2n) is 7.19. The Morgan fingerprint density at radius 1 is 1.36 bits per heavy atom. The molecular weight excluding hydrogens is 280 g/mol. The van der Waals surface area contributed by atoms with Crippen LogP contribution >= 0.6 is 0 Å². The Morgan fingerprint density at radius 3 is 2.86 bits per heavy atom. The van der Waals surface area contributed by atoms with E-state index in [0.29, 0.717) is 13.0 Å². The SMILES string of the molecule is CC1C(F)C=CC2(C)CCc3c(F)cccc3C(CCN)C12. The van der Waals surface area contributed by atoms with Gasteiger partial charge in [-0.3, -0.25) is 0 Å². The first-order valence-corrected chi connectivity index (χ1v) is 8.28. The fourth-order valence-electron chi connectivity index (χ4n) is 4.76. The maximum atomic E-state index is 14.3. The van der Waals surface area contributed by atoms with Crippen LogP contribution in [0.3, 0.4) is 0 Å². The van der Waals surface area contributed by atoms with Crippen molar-refractivity contribution in [3.8, 4) is 0 Å². The summed E-state index contributed by atoms with van der Waals surface area (Å²) >= 11 is 0. The van der Waals surface area contributed by atoms with Crippen molar-refractivity contribution in [3.63, 3.8) is 0 Å². The third-order valence-corrected chi connectivity index (χ3v) is 5.87. The Morgan fingerprint density at radius 2 is 2.14 bits per heavy atom. The Hall–Kier alpha value is -1.22. The molecule has 0 fully saturated rings. The summed E-state index contributed by atoms with van der Waals surface area (Å²) in [4.78, 5) is 0. The van der Waals surface area contributed by atoms with Gasteiger partial charge in [-0.1, -0.05) is 38.1 Å². The van der Waals surface area contributed by atoms with Crippen molar-refractivity contribution in [1.82, 2.24) is 0 Å². The number of nitrogens with two attached hydrogens (primary N) is 1. The van der Waals surface area contributed by atoms with Crippen molar-refractivity contribution in [3.05, 3.63) is 47.3 Å². The minimum absolute atomic E-state index is 0.0687. The molecule has 2 aliphatic rings. The third-order valence-electron chi connectivity index (χ3n) is 5.87. The first-order chi connectivity index (χ1) is 10.5. The van der Waals surface area contributed by atoms with Crippen molar-refractivity contribution in [2.75, 3.05) is 6.54 Å². The zero-order valence-corrected chi connectivity index (χ0v) is 13.4. The Kier molecular flexibility index (Phi) is 4.11. The zero-order valence-electron chi connectivity index (χ0n) is 13.4. The second-order valence-corrected chi connectivity index (χ2v) is 7.19. The lowest BCUT2D eigenvalue weighted by molar-refractivity contribution is 0.0778. The number of halogens is 2. The van der Waals surface area contributed by atoms with E-state index in [1.807, 2.05) is 19.1 Å². The molecule has 22 heavy (non-hydrogen) atoms. The topological polar surface area (TPSA) is 26.0 Å². The lowest BCUT2D eigenvalue weighted by Gasteiger charge is -2.46. The molecule has 0 spiro atoms. The normalized spacial score (nSPS) is 37.3. The molecule has 0 heterocycles. The highest BCUT2D eigenvalue weighted by Crippen LogP contribution is 2.54. The van der Waals surface area contributed by atoms with E-state index < -0.39 is 6.17 Å². The maximum Gasteiger partial charge on any atom is 0.126 e. The average molecular weight is 305 g/mol. The van der Waals surface area contributed by atoms with Crippen LogP contribution < -0.4 is 5.73 Å². The van der Waals surface area contributed by atoms with E-state index in [1.54, 1.807) is 12.1 Å². The third kappa shape index (κ3) is 2.40. The number of hydrogen-bond acceptors (Lipinski definition) is 1. The standard InChI is InChI=1S/C19H25F2N/c1-12-16(20)7-10-19(2)9-6-14-13(4-3-5-17(14)21)15(8-11-22)18(12)19/h3-5,7,10,12,15-16,18H,6,8-9,11,22H2,1-2H3. The summed E-state index contributed by atoms with van der Waals surface area (Å²) in [7, 11) is 0. The molecule has 1 aromatic carbocycles. The molecule has 5 atom stereocenters. The van der Waals surface area contributed by atoms with Gasteiger partial charge < -0.3 is 5.73 Å². The summed E-state index contributed by atoms with van der Waals surface area (Å²) < 4.78 is 28.6. The smallest absolute Gasteiger partial charge is 0.126 e. The summed E-state index contributed by atoms with van der Waals surface area (Å²) in [6.07, 6.45) is 5.17. The van der Waals surface area contributed by atoms with E-state index in [9.17, 15) is 8.78 Å². The van der Waals surface area contributed by atoms with Gasteiger partial charge >= 0.3 is 0 Å². The molecule has 0 aromatic heterocycles. The lowest BCUT2D eigenvalue weighted by atomic mass is 9.59. The van der Waals surface area contributed by atoms with Gasteiger partial charge in [-0.2, -0.15) is 0 Å². The molecule has 0 bridgehead atoms. The molecule has 3 rings (SSSR count). The van der Waals surface area contributed by atoms with E-state index in [0.717, 1.165) is 24.0 Å². The van der Waals surface area contributed by atoms with Crippen molar-refractivity contribution in [1.29, 1.82) is 0 Å². The lowest BCUT2D eigenvalue weighted by Crippen LogP contribution is -2.41. The number of rotatable bonds is 2. The van der Waals surface area contributed by atoms with Crippen LogP contribution in [0.4, 0.5) is 8.78 Å². The molecule has 120 valence electrons. The van der Waals surface area contributed by atoms with Gasteiger partial charge in [0.2, 0.25) is 0 Å². The Labute approximate surface area is 131 Å². The summed E-state index contributed by atoms with van der Waals surface area (Å²) in [5.74, 6) is 0.0940. The molecule has 1 nitrogen and oxygen atoms in total. The highest BCUT2D eigenvalue weighted by molar-refractivity contribution is 5.36. The molecular formula is C19H25F2N. The predicted octanol–water partition coefficient (Wildman–Crippen LogP) is 4.37. The molecule has 2 aliphatic carbocycles. The molecule has 2 N–H and O–H groups in total. The summed E-state index contributed by atoms with van der Waals surface area (Å²) in [5.41, 5.74) is 7.62. The van der Waals surface area contributed by atoms with Gasteiger partial charge in [0.25, 0.3) is 0 Å². The van der Waals surface area contributed by atoms with Crippen LogP contribution in [-0.2, 0) is 6.42 Å². The Balaban J connectivity index is 2.15. The molecule has 3 heteroatoms. The number of benzene rings is 1. The number of allylic oxidation sites excluding steroid dienone is 2. The quantitative estimate of drug-likeness (QED) is 0.807. The van der Waals surface area contributed by atoms with Crippen molar-refractivity contribution < 1.29 is 8.78 Å². The summed E-state index contributed by atoms with van der Waals surface area (Å²) in [5, 5.41) is 0. The molecule has 0 amide bonds. The predicted molar refractivity (Wildman–Crippen MR) is 85.9 cm³/mol. The van der Waals surface area contributed by atoms with Crippen molar-refractivity contribution in [2.45, 2.75) is 45.2 Å². The molecule has 1 aromatic rings. The van der Waals surface area contributed by atoms with Gasteiger partial charge in [0, 0.05) is 0 Å². The van der Waals surface area contributed by atoms with E-state index >= 15 is 0 Å². The Bertz CT molecular complexity index is 583. The van der Waals surface area contributed by atoms with Crippen molar-refractivity contribution in [2.24, 2.45) is 23.0 Å². The first-order valence-electron chi connectivity index (χ1n) is 8.28. The van der Waals surface area contributed by atoms with Crippen molar-refractivity contribution >= 4 is 0 Å². The molecule has 0 saturated heterocycles. The minimum Gasteiger partial charge on any atom is -0.330 e. The average Bonchev–Trinajstić information content (AvgIpc) is 2.61. The highest BCUT2D eigenvalue weighted by Gasteiger charge is 2.47. The van der Waals surface area contributed by atoms with Gasteiger partial charge in [-0.05, 0) is 66.2 Å². The maximum absolute atomic E-state index is 14.3. The first kappa shape index (κ1) is 15.7. The minimum atomic E-state index is -0.923. The number of alkyl halides is 1. The van der Waals surface area contributed by atoms with E-state index in [2.05, 4.69) is 6.92 Å². The van der Waals surface area contributed by atoms with Gasteiger partial charge in [-0.15, -0.1) is 0 Å². The fourth-order valence-corrected chi connectivity index (χ4v) is 4.76. The van der Waals surface area contributed by atoms with Gasteiger partial charge in [0.05, 0.1) is 0 Å². The molecule has 0 saturated carbocycles.